The van der Waals surface area contributed by atoms with Gasteiger partial charge in [-0.2, -0.15) is 0 Å². The van der Waals surface area contributed by atoms with Gasteiger partial charge in [0, 0.05) is 18.5 Å². The second kappa shape index (κ2) is 6.75. The predicted molar refractivity (Wildman–Crippen MR) is 79.0 cm³/mol. The number of hydrogen-bond donors (Lipinski definition) is 2. The number of hydrogen-bond acceptors (Lipinski definition) is 3. The molecule has 19 heavy (non-hydrogen) atoms. The fraction of sp³-hybridized carbons (Fsp3) is 0.333. The van der Waals surface area contributed by atoms with Crippen LogP contribution in [0.4, 0.5) is 0 Å². The SMILES string of the molecule is CC(O)CNCCOc1ccc2ccccc2c1Cl. The maximum absolute atomic E-state index is 9.11. The number of benzene rings is 2. The highest BCUT2D eigenvalue weighted by atomic mass is 35.5. The fourth-order valence-electron chi connectivity index (χ4n) is 1.87. The first-order valence-corrected chi connectivity index (χ1v) is 6.75. The van der Waals surface area contributed by atoms with E-state index in [0.29, 0.717) is 30.5 Å². The Balaban J connectivity index is 1.96. The Bertz CT molecular complexity index is 543. The van der Waals surface area contributed by atoms with Gasteiger partial charge in [-0.3, -0.25) is 0 Å². The lowest BCUT2D eigenvalue weighted by atomic mass is 10.1. The molecule has 1 atom stereocenters. The topological polar surface area (TPSA) is 41.5 Å². The molecule has 0 heterocycles. The third kappa shape index (κ3) is 3.83. The van der Waals surface area contributed by atoms with E-state index in [1.54, 1.807) is 6.92 Å². The molecule has 2 N–H and O–H groups in total. The molecule has 2 aromatic rings. The van der Waals surface area contributed by atoms with Crippen molar-refractivity contribution in [3.8, 4) is 5.75 Å². The third-order valence-electron chi connectivity index (χ3n) is 2.80. The summed E-state index contributed by atoms with van der Waals surface area (Å²) in [5, 5.41) is 14.9. The van der Waals surface area contributed by atoms with Crippen molar-refractivity contribution in [3.63, 3.8) is 0 Å². The van der Waals surface area contributed by atoms with Gasteiger partial charge in [0.05, 0.1) is 11.1 Å². The van der Waals surface area contributed by atoms with E-state index in [1.165, 1.54) is 0 Å². The zero-order chi connectivity index (χ0) is 13.7. The van der Waals surface area contributed by atoms with Crippen LogP contribution in [0.3, 0.4) is 0 Å². The molecule has 0 aliphatic rings. The standard InChI is InChI=1S/C15H18ClNO2/c1-11(18)10-17-8-9-19-14-7-6-12-4-2-3-5-13(12)15(14)16/h2-7,11,17-18H,8-10H2,1H3. The zero-order valence-electron chi connectivity index (χ0n) is 10.9. The summed E-state index contributed by atoms with van der Waals surface area (Å²) < 4.78 is 5.65. The first-order valence-electron chi connectivity index (χ1n) is 6.37. The lowest BCUT2D eigenvalue weighted by Crippen LogP contribution is -2.28. The number of rotatable bonds is 6. The van der Waals surface area contributed by atoms with Crippen molar-refractivity contribution in [2.75, 3.05) is 19.7 Å². The summed E-state index contributed by atoms with van der Waals surface area (Å²) in [7, 11) is 0. The van der Waals surface area contributed by atoms with E-state index < -0.39 is 0 Å². The van der Waals surface area contributed by atoms with Crippen molar-refractivity contribution in [1.82, 2.24) is 5.32 Å². The van der Waals surface area contributed by atoms with Crippen LogP contribution in [0.5, 0.6) is 5.75 Å². The summed E-state index contributed by atoms with van der Waals surface area (Å²) in [6.45, 7) is 3.50. The molecular formula is C15H18ClNO2. The summed E-state index contributed by atoms with van der Waals surface area (Å²) in [6.07, 6.45) is -0.343. The molecule has 0 saturated carbocycles. The second-order valence-corrected chi connectivity index (χ2v) is 4.88. The highest BCUT2D eigenvalue weighted by Crippen LogP contribution is 2.32. The van der Waals surface area contributed by atoms with Crippen LogP contribution < -0.4 is 10.1 Å². The highest BCUT2D eigenvalue weighted by molar-refractivity contribution is 6.37. The van der Waals surface area contributed by atoms with Crippen LogP contribution in [0.25, 0.3) is 10.8 Å². The van der Waals surface area contributed by atoms with Crippen LogP contribution in [0, 0.1) is 0 Å². The zero-order valence-corrected chi connectivity index (χ0v) is 11.7. The first-order chi connectivity index (χ1) is 9.18. The van der Waals surface area contributed by atoms with E-state index in [1.807, 2.05) is 36.4 Å². The van der Waals surface area contributed by atoms with Crippen molar-refractivity contribution in [1.29, 1.82) is 0 Å². The Morgan fingerprint density at radius 2 is 2.05 bits per heavy atom. The van der Waals surface area contributed by atoms with E-state index in [0.717, 1.165) is 10.8 Å². The maximum atomic E-state index is 9.11. The number of fused-ring (bicyclic) bond motifs is 1. The predicted octanol–water partition coefficient (Wildman–Crippen LogP) is 2.84. The van der Waals surface area contributed by atoms with Gasteiger partial charge in [-0.05, 0) is 18.4 Å². The molecule has 3 nitrogen and oxygen atoms in total. The molecule has 0 bridgehead atoms. The number of halogens is 1. The molecule has 102 valence electrons. The Kier molecular flexibility index (Phi) is 5.02. The van der Waals surface area contributed by atoms with Gasteiger partial charge >= 0.3 is 0 Å². The average molecular weight is 280 g/mol. The van der Waals surface area contributed by atoms with Crippen LogP contribution in [-0.2, 0) is 0 Å². The summed E-state index contributed by atoms with van der Waals surface area (Å²) in [5.41, 5.74) is 0. The van der Waals surface area contributed by atoms with Gasteiger partial charge in [0.2, 0.25) is 0 Å². The fourth-order valence-corrected chi connectivity index (χ4v) is 2.16. The Morgan fingerprint density at radius 3 is 2.84 bits per heavy atom. The molecule has 0 radical (unpaired) electrons. The first kappa shape index (κ1) is 14.1. The minimum absolute atomic E-state index is 0.343. The second-order valence-electron chi connectivity index (χ2n) is 4.50. The van der Waals surface area contributed by atoms with Crippen molar-refractivity contribution in [2.24, 2.45) is 0 Å². The van der Waals surface area contributed by atoms with Crippen molar-refractivity contribution < 1.29 is 9.84 Å². The van der Waals surface area contributed by atoms with Gasteiger partial charge in [0.25, 0.3) is 0 Å². The van der Waals surface area contributed by atoms with E-state index in [9.17, 15) is 0 Å². The van der Waals surface area contributed by atoms with Crippen molar-refractivity contribution >= 4 is 22.4 Å². The normalized spacial score (nSPS) is 12.6. The van der Waals surface area contributed by atoms with Gasteiger partial charge in [0.1, 0.15) is 12.4 Å². The largest absolute Gasteiger partial charge is 0.491 e. The van der Waals surface area contributed by atoms with Gasteiger partial charge in [-0.1, -0.05) is 41.9 Å². The number of aliphatic hydroxyl groups excluding tert-OH is 1. The van der Waals surface area contributed by atoms with E-state index in [-0.39, 0.29) is 6.10 Å². The summed E-state index contributed by atoms with van der Waals surface area (Å²) >= 11 is 6.32. The molecule has 0 aromatic heterocycles. The van der Waals surface area contributed by atoms with E-state index in [4.69, 9.17) is 21.4 Å². The summed E-state index contributed by atoms with van der Waals surface area (Å²) in [6, 6.07) is 11.8. The van der Waals surface area contributed by atoms with Gasteiger partial charge < -0.3 is 15.2 Å². The summed E-state index contributed by atoms with van der Waals surface area (Å²) in [5.74, 6) is 0.694. The highest BCUT2D eigenvalue weighted by Gasteiger charge is 2.05. The third-order valence-corrected chi connectivity index (χ3v) is 3.19. The Morgan fingerprint density at radius 1 is 1.26 bits per heavy atom. The van der Waals surface area contributed by atoms with Gasteiger partial charge in [0.15, 0.2) is 0 Å². The van der Waals surface area contributed by atoms with Gasteiger partial charge in [-0.25, -0.2) is 0 Å². The molecule has 2 rings (SSSR count). The van der Waals surface area contributed by atoms with Crippen LogP contribution in [0.15, 0.2) is 36.4 Å². The molecule has 0 aliphatic heterocycles. The average Bonchev–Trinajstić information content (AvgIpc) is 2.41. The lowest BCUT2D eigenvalue weighted by Gasteiger charge is -2.11. The van der Waals surface area contributed by atoms with Crippen LogP contribution in [-0.4, -0.2) is 30.9 Å². The Labute approximate surface area is 118 Å². The number of ether oxygens (including phenoxy) is 1. The molecule has 1 unspecified atom stereocenters. The molecule has 0 aliphatic carbocycles. The minimum Gasteiger partial charge on any atom is -0.491 e. The lowest BCUT2D eigenvalue weighted by molar-refractivity contribution is 0.188. The summed E-state index contributed by atoms with van der Waals surface area (Å²) in [4.78, 5) is 0. The Hall–Kier alpha value is -1.29. The molecule has 0 fully saturated rings. The van der Waals surface area contributed by atoms with Crippen LogP contribution in [0.1, 0.15) is 6.92 Å². The van der Waals surface area contributed by atoms with E-state index >= 15 is 0 Å². The number of nitrogens with one attached hydrogen (secondary N) is 1. The minimum atomic E-state index is -0.343. The molecule has 0 amide bonds. The number of aliphatic hydroxyl groups is 1. The molecule has 2 aromatic carbocycles. The van der Waals surface area contributed by atoms with Gasteiger partial charge in [-0.15, -0.1) is 0 Å². The maximum Gasteiger partial charge on any atom is 0.138 e. The molecule has 0 saturated heterocycles. The van der Waals surface area contributed by atoms with Crippen molar-refractivity contribution in [2.45, 2.75) is 13.0 Å². The molecule has 4 heteroatoms. The van der Waals surface area contributed by atoms with Crippen molar-refractivity contribution in [3.05, 3.63) is 41.4 Å². The van der Waals surface area contributed by atoms with E-state index in [2.05, 4.69) is 5.32 Å². The monoisotopic (exact) mass is 279 g/mol. The molecular weight excluding hydrogens is 262 g/mol. The molecule has 0 spiro atoms. The quantitative estimate of drug-likeness (QED) is 0.799. The van der Waals surface area contributed by atoms with Crippen LogP contribution >= 0.6 is 11.6 Å². The smallest absolute Gasteiger partial charge is 0.138 e. The van der Waals surface area contributed by atoms with Crippen LogP contribution in [0.2, 0.25) is 5.02 Å².